The van der Waals surface area contributed by atoms with Crippen molar-refractivity contribution in [3.8, 4) is 11.3 Å². The molecular formula is C23H27F2N3O. The number of pyridine rings is 1. The number of benzene rings is 1. The number of halogens is 2. The Bertz CT molecular complexity index is 1050. The molecule has 0 fully saturated rings. The summed E-state index contributed by atoms with van der Waals surface area (Å²) in [6.45, 7) is 10.4. The SMILES string of the molecule is Cc1ccn2c(NC(=O)CC(C)CC(C)(C)C)c(-c3cc(F)ccc3F)nc2c1. The maximum absolute atomic E-state index is 14.4. The summed E-state index contributed by atoms with van der Waals surface area (Å²) in [7, 11) is 0. The predicted octanol–water partition coefficient (Wildman–Crippen LogP) is 5.99. The number of carbonyl (C=O) groups is 1. The van der Waals surface area contributed by atoms with Gasteiger partial charge in [-0.25, -0.2) is 13.8 Å². The molecule has 0 aliphatic heterocycles. The minimum atomic E-state index is -0.594. The molecule has 3 aromatic rings. The normalized spacial score (nSPS) is 12.9. The summed E-state index contributed by atoms with van der Waals surface area (Å²) in [5.74, 6) is -0.806. The van der Waals surface area contributed by atoms with Crippen molar-refractivity contribution in [2.24, 2.45) is 11.3 Å². The number of hydrogen-bond acceptors (Lipinski definition) is 2. The van der Waals surface area contributed by atoms with E-state index in [0.29, 0.717) is 17.9 Å². The van der Waals surface area contributed by atoms with Gasteiger partial charge in [0.2, 0.25) is 5.91 Å². The Balaban J connectivity index is 1.99. The van der Waals surface area contributed by atoms with Gasteiger partial charge in [0, 0.05) is 18.2 Å². The molecule has 0 bridgehead atoms. The van der Waals surface area contributed by atoms with E-state index in [4.69, 9.17) is 0 Å². The van der Waals surface area contributed by atoms with Crippen LogP contribution in [0.2, 0.25) is 0 Å². The molecule has 1 atom stereocenters. The summed E-state index contributed by atoms with van der Waals surface area (Å²) in [6, 6.07) is 6.93. The molecule has 1 aromatic carbocycles. The van der Waals surface area contributed by atoms with E-state index < -0.39 is 11.6 Å². The third kappa shape index (κ3) is 5.00. The molecule has 1 unspecified atom stereocenters. The van der Waals surface area contributed by atoms with Gasteiger partial charge >= 0.3 is 0 Å². The zero-order valence-electron chi connectivity index (χ0n) is 17.5. The molecule has 1 amide bonds. The molecule has 0 aliphatic rings. The minimum absolute atomic E-state index is 0.0180. The van der Waals surface area contributed by atoms with Crippen LogP contribution in [-0.4, -0.2) is 15.3 Å². The Labute approximate surface area is 170 Å². The van der Waals surface area contributed by atoms with E-state index in [9.17, 15) is 13.6 Å². The largest absolute Gasteiger partial charge is 0.310 e. The van der Waals surface area contributed by atoms with Crippen LogP contribution < -0.4 is 5.32 Å². The van der Waals surface area contributed by atoms with Crippen LogP contribution in [0.3, 0.4) is 0 Å². The van der Waals surface area contributed by atoms with Gasteiger partial charge in [-0.1, -0.05) is 27.7 Å². The van der Waals surface area contributed by atoms with E-state index in [0.717, 1.165) is 30.2 Å². The Kier molecular flexibility index (Phi) is 5.73. The van der Waals surface area contributed by atoms with Crippen molar-refractivity contribution in [1.29, 1.82) is 0 Å². The van der Waals surface area contributed by atoms with Crippen molar-refractivity contribution in [2.45, 2.75) is 47.5 Å². The lowest BCUT2D eigenvalue weighted by Gasteiger charge is -2.22. The Morgan fingerprint density at radius 3 is 2.62 bits per heavy atom. The summed E-state index contributed by atoms with van der Waals surface area (Å²) in [6.07, 6.45) is 3.01. The number of aryl methyl sites for hydroxylation is 1. The number of hydrogen-bond donors (Lipinski definition) is 1. The van der Waals surface area contributed by atoms with Crippen molar-refractivity contribution in [3.05, 3.63) is 53.7 Å². The lowest BCUT2D eigenvalue weighted by molar-refractivity contribution is -0.117. The fourth-order valence-electron chi connectivity index (χ4n) is 3.75. The second-order valence-electron chi connectivity index (χ2n) is 8.99. The number of imidazole rings is 1. The third-order valence-electron chi connectivity index (χ3n) is 4.72. The molecule has 0 aliphatic carbocycles. The van der Waals surface area contributed by atoms with Gasteiger partial charge < -0.3 is 5.32 Å². The van der Waals surface area contributed by atoms with Crippen molar-refractivity contribution >= 4 is 17.4 Å². The third-order valence-corrected chi connectivity index (χ3v) is 4.72. The molecule has 154 valence electrons. The van der Waals surface area contributed by atoms with Crippen LogP contribution in [0.4, 0.5) is 14.6 Å². The highest BCUT2D eigenvalue weighted by atomic mass is 19.1. The summed E-state index contributed by atoms with van der Waals surface area (Å²) in [4.78, 5) is 17.2. The number of amides is 1. The molecule has 2 aromatic heterocycles. The van der Waals surface area contributed by atoms with Crippen LogP contribution in [0.1, 0.15) is 46.1 Å². The van der Waals surface area contributed by atoms with E-state index in [1.807, 2.05) is 26.0 Å². The fraction of sp³-hybridized carbons (Fsp3) is 0.391. The number of carbonyl (C=O) groups excluding carboxylic acids is 1. The van der Waals surface area contributed by atoms with Crippen LogP contribution in [0.15, 0.2) is 36.5 Å². The van der Waals surface area contributed by atoms with E-state index in [1.54, 1.807) is 10.6 Å². The van der Waals surface area contributed by atoms with Crippen molar-refractivity contribution in [1.82, 2.24) is 9.38 Å². The Morgan fingerprint density at radius 2 is 1.93 bits per heavy atom. The van der Waals surface area contributed by atoms with E-state index in [1.165, 1.54) is 0 Å². The number of rotatable bonds is 5. The molecule has 0 spiro atoms. The van der Waals surface area contributed by atoms with Crippen molar-refractivity contribution < 1.29 is 13.6 Å². The molecule has 2 heterocycles. The highest BCUT2D eigenvalue weighted by Gasteiger charge is 2.22. The lowest BCUT2D eigenvalue weighted by Crippen LogP contribution is -2.20. The van der Waals surface area contributed by atoms with Crippen LogP contribution in [-0.2, 0) is 4.79 Å². The van der Waals surface area contributed by atoms with Gasteiger partial charge in [0.05, 0.1) is 0 Å². The maximum Gasteiger partial charge on any atom is 0.225 e. The number of aromatic nitrogens is 2. The second kappa shape index (κ2) is 7.93. The van der Waals surface area contributed by atoms with Gasteiger partial charge in [-0.05, 0) is 60.6 Å². The quantitative estimate of drug-likeness (QED) is 0.573. The summed E-state index contributed by atoms with van der Waals surface area (Å²) in [5, 5.41) is 2.89. The minimum Gasteiger partial charge on any atom is -0.310 e. The monoisotopic (exact) mass is 399 g/mol. The molecule has 1 N–H and O–H groups in total. The zero-order chi connectivity index (χ0) is 21.3. The van der Waals surface area contributed by atoms with Crippen LogP contribution >= 0.6 is 0 Å². The number of nitrogens with zero attached hydrogens (tertiary/aromatic N) is 2. The summed E-state index contributed by atoms with van der Waals surface area (Å²) < 4.78 is 29.9. The van der Waals surface area contributed by atoms with Gasteiger partial charge in [-0.3, -0.25) is 9.20 Å². The topological polar surface area (TPSA) is 46.4 Å². The standard InChI is InChI=1S/C23H27F2N3O/c1-14-8-9-28-19(10-14)26-21(17-12-16(24)6-7-18(17)25)22(28)27-20(29)11-15(2)13-23(3,4)5/h6-10,12,15H,11,13H2,1-5H3,(H,27,29). The van der Waals surface area contributed by atoms with Crippen LogP contribution in [0.5, 0.6) is 0 Å². The van der Waals surface area contributed by atoms with Crippen LogP contribution in [0, 0.1) is 29.9 Å². The molecule has 3 rings (SSSR count). The van der Waals surface area contributed by atoms with E-state index in [2.05, 4.69) is 31.1 Å². The molecule has 0 saturated heterocycles. The molecule has 0 radical (unpaired) electrons. The zero-order valence-corrected chi connectivity index (χ0v) is 17.5. The van der Waals surface area contributed by atoms with E-state index in [-0.39, 0.29) is 28.5 Å². The average molecular weight is 399 g/mol. The molecular weight excluding hydrogens is 372 g/mol. The number of anilines is 1. The first kappa shape index (κ1) is 21.0. The van der Waals surface area contributed by atoms with Crippen molar-refractivity contribution in [2.75, 3.05) is 5.32 Å². The lowest BCUT2D eigenvalue weighted by atomic mass is 9.84. The number of nitrogens with one attached hydrogen (secondary N) is 1. The van der Waals surface area contributed by atoms with Gasteiger partial charge in [-0.2, -0.15) is 0 Å². The molecule has 0 saturated carbocycles. The Morgan fingerprint density at radius 1 is 1.21 bits per heavy atom. The summed E-state index contributed by atoms with van der Waals surface area (Å²) in [5.41, 5.74) is 1.89. The Hall–Kier alpha value is -2.76. The van der Waals surface area contributed by atoms with E-state index >= 15 is 0 Å². The van der Waals surface area contributed by atoms with Gasteiger partial charge in [0.15, 0.2) is 0 Å². The second-order valence-corrected chi connectivity index (χ2v) is 8.99. The van der Waals surface area contributed by atoms with Gasteiger partial charge in [0.1, 0.15) is 28.8 Å². The molecule has 6 heteroatoms. The van der Waals surface area contributed by atoms with Crippen molar-refractivity contribution in [3.63, 3.8) is 0 Å². The molecule has 4 nitrogen and oxygen atoms in total. The predicted molar refractivity (Wildman–Crippen MR) is 112 cm³/mol. The highest BCUT2D eigenvalue weighted by molar-refractivity contribution is 5.94. The smallest absolute Gasteiger partial charge is 0.225 e. The van der Waals surface area contributed by atoms with Gasteiger partial charge in [-0.15, -0.1) is 0 Å². The van der Waals surface area contributed by atoms with Gasteiger partial charge in [0.25, 0.3) is 0 Å². The molecule has 29 heavy (non-hydrogen) atoms. The highest BCUT2D eigenvalue weighted by Crippen LogP contribution is 2.32. The summed E-state index contributed by atoms with van der Waals surface area (Å²) >= 11 is 0. The first-order valence-corrected chi connectivity index (χ1v) is 9.77. The first-order valence-electron chi connectivity index (χ1n) is 9.77. The first-order chi connectivity index (χ1) is 13.5. The average Bonchev–Trinajstić information content (AvgIpc) is 2.92. The fourth-order valence-corrected chi connectivity index (χ4v) is 3.75. The maximum atomic E-state index is 14.4. The number of fused-ring (bicyclic) bond motifs is 1. The van der Waals surface area contributed by atoms with Crippen LogP contribution in [0.25, 0.3) is 16.9 Å².